The monoisotopic (exact) mass is 421 g/mol. The van der Waals surface area contributed by atoms with E-state index >= 15 is 0 Å². The Morgan fingerprint density at radius 3 is 2.90 bits per heavy atom. The Hall–Kier alpha value is -3.82. The van der Waals surface area contributed by atoms with Crippen LogP contribution in [0.4, 0.5) is 0 Å². The van der Waals surface area contributed by atoms with Crippen molar-refractivity contribution in [3.63, 3.8) is 0 Å². The van der Waals surface area contributed by atoms with Crippen LogP contribution in [0.5, 0.6) is 0 Å². The van der Waals surface area contributed by atoms with Gasteiger partial charge in [0.05, 0.1) is 6.04 Å². The van der Waals surface area contributed by atoms with Gasteiger partial charge in [-0.25, -0.2) is 15.0 Å². The minimum atomic E-state index is -0.458. The van der Waals surface area contributed by atoms with Crippen LogP contribution in [0.1, 0.15) is 61.1 Å². The number of aryl methyl sites for hydroxylation is 1. The fourth-order valence-corrected chi connectivity index (χ4v) is 3.27. The molecule has 0 aliphatic carbocycles. The largest absolute Gasteiger partial charge is 0.358 e. The molecule has 0 bridgehead atoms. The van der Waals surface area contributed by atoms with E-state index in [1.54, 1.807) is 13.0 Å². The quantitative estimate of drug-likeness (QED) is 0.371. The first-order chi connectivity index (χ1) is 15.0. The summed E-state index contributed by atoms with van der Waals surface area (Å²) in [5.74, 6) is 0.700. The first kappa shape index (κ1) is 20.5. The van der Waals surface area contributed by atoms with Gasteiger partial charge in [-0.1, -0.05) is 24.9 Å². The SMILES string of the molecule is CCCCCc1cnc(-c2cc(C(C)NC(=O)c3ncnc4[nH]c(=O)ccc34)on2)[nH]1. The third-order valence-corrected chi connectivity index (χ3v) is 4.97. The first-order valence-electron chi connectivity index (χ1n) is 10.2. The number of amides is 1. The van der Waals surface area contributed by atoms with Gasteiger partial charge in [-0.05, 0) is 25.8 Å². The maximum atomic E-state index is 12.8. The Labute approximate surface area is 177 Å². The van der Waals surface area contributed by atoms with Crippen LogP contribution in [-0.4, -0.2) is 36.0 Å². The van der Waals surface area contributed by atoms with E-state index in [1.807, 2.05) is 6.20 Å². The van der Waals surface area contributed by atoms with Gasteiger partial charge in [-0.2, -0.15) is 0 Å². The van der Waals surface area contributed by atoms with Crippen molar-refractivity contribution in [2.75, 3.05) is 0 Å². The number of pyridine rings is 1. The molecule has 0 aliphatic rings. The number of nitrogens with one attached hydrogen (secondary N) is 3. The van der Waals surface area contributed by atoms with Crippen LogP contribution in [-0.2, 0) is 6.42 Å². The van der Waals surface area contributed by atoms with Crippen LogP contribution < -0.4 is 10.9 Å². The normalized spacial score (nSPS) is 12.2. The molecule has 0 fully saturated rings. The van der Waals surface area contributed by atoms with Crippen molar-refractivity contribution >= 4 is 16.9 Å². The molecule has 0 spiro atoms. The molecule has 1 unspecified atom stereocenters. The Morgan fingerprint density at radius 2 is 2.06 bits per heavy atom. The van der Waals surface area contributed by atoms with Crippen molar-refractivity contribution in [2.24, 2.45) is 0 Å². The second-order valence-electron chi connectivity index (χ2n) is 7.33. The highest BCUT2D eigenvalue weighted by Gasteiger charge is 2.20. The van der Waals surface area contributed by atoms with Gasteiger partial charge in [0, 0.05) is 29.4 Å². The zero-order valence-electron chi connectivity index (χ0n) is 17.3. The summed E-state index contributed by atoms with van der Waals surface area (Å²) in [7, 11) is 0. The molecule has 0 saturated carbocycles. The van der Waals surface area contributed by atoms with Crippen LogP contribution in [0.2, 0.25) is 0 Å². The number of aromatic nitrogens is 6. The lowest BCUT2D eigenvalue weighted by Gasteiger charge is -2.11. The third-order valence-electron chi connectivity index (χ3n) is 4.97. The number of carbonyl (C=O) groups excluding carboxylic acids is 1. The van der Waals surface area contributed by atoms with Crippen LogP contribution in [0.3, 0.4) is 0 Å². The minimum Gasteiger partial charge on any atom is -0.358 e. The number of imidazole rings is 1. The summed E-state index contributed by atoms with van der Waals surface area (Å²) in [5.41, 5.74) is 1.79. The lowest BCUT2D eigenvalue weighted by atomic mass is 10.2. The molecule has 3 N–H and O–H groups in total. The molecule has 0 aromatic carbocycles. The summed E-state index contributed by atoms with van der Waals surface area (Å²) < 4.78 is 5.42. The van der Waals surface area contributed by atoms with Crippen molar-refractivity contribution in [1.29, 1.82) is 0 Å². The van der Waals surface area contributed by atoms with E-state index in [0.717, 1.165) is 18.5 Å². The standard InChI is InChI=1S/C21H23N7O3/c1-3-4-5-6-13-10-22-20(26-13)15-9-16(31-28-15)12(2)25-21(30)18-14-7-8-17(29)27-19(14)24-11-23-18/h7-12H,3-6H2,1-2H3,(H,22,26)(H,25,30)(H,23,24,27,29). The summed E-state index contributed by atoms with van der Waals surface area (Å²) in [6.07, 6.45) is 7.44. The van der Waals surface area contributed by atoms with Gasteiger partial charge < -0.3 is 19.8 Å². The highest BCUT2D eigenvalue weighted by molar-refractivity contribution is 6.03. The van der Waals surface area contributed by atoms with E-state index in [-0.39, 0.29) is 11.3 Å². The Balaban J connectivity index is 1.46. The lowest BCUT2D eigenvalue weighted by molar-refractivity contribution is 0.0930. The molecule has 4 aromatic heterocycles. The molecule has 4 heterocycles. The maximum Gasteiger partial charge on any atom is 0.271 e. The number of aromatic amines is 2. The van der Waals surface area contributed by atoms with Gasteiger partial charge in [-0.15, -0.1) is 0 Å². The fourth-order valence-electron chi connectivity index (χ4n) is 3.27. The molecule has 10 heteroatoms. The Bertz CT molecular complexity index is 1260. The molecule has 0 saturated heterocycles. The summed E-state index contributed by atoms with van der Waals surface area (Å²) >= 11 is 0. The van der Waals surface area contributed by atoms with E-state index in [0.29, 0.717) is 28.3 Å². The summed E-state index contributed by atoms with van der Waals surface area (Å²) in [6.45, 7) is 3.95. The minimum absolute atomic E-state index is 0.163. The highest BCUT2D eigenvalue weighted by Crippen LogP contribution is 2.21. The number of hydrogen-bond acceptors (Lipinski definition) is 7. The Morgan fingerprint density at radius 1 is 1.19 bits per heavy atom. The number of hydrogen-bond donors (Lipinski definition) is 3. The number of rotatable bonds is 8. The Kier molecular flexibility index (Phi) is 5.87. The predicted molar refractivity (Wildman–Crippen MR) is 113 cm³/mol. The van der Waals surface area contributed by atoms with E-state index in [2.05, 4.69) is 42.3 Å². The van der Waals surface area contributed by atoms with Crippen molar-refractivity contribution in [3.8, 4) is 11.5 Å². The maximum absolute atomic E-state index is 12.8. The lowest BCUT2D eigenvalue weighted by Crippen LogP contribution is -2.27. The van der Waals surface area contributed by atoms with Crippen molar-refractivity contribution in [1.82, 2.24) is 35.4 Å². The smallest absolute Gasteiger partial charge is 0.271 e. The molecule has 0 radical (unpaired) electrons. The average Bonchev–Trinajstić information content (AvgIpc) is 3.43. The topological polar surface area (TPSA) is 142 Å². The molecule has 10 nitrogen and oxygen atoms in total. The van der Waals surface area contributed by atoms with Gasteiger partial charge in [-0.3, -0.25) is 9.59 Å². The fraction of sp³-hybridized carbons (Fsp3) is 0.333. The van der Waals surface area contributed by atoms with Crippen LogP contribution in [0.25, 0.3) is 22.6 Å². The van der Waals surface area contributed by atoms with Gasteiger partial charge in [0.1, 0.15) is 23.4 Å². The highest BCUT2D eigenvalue weighted by atomic mass is 16.5. The second-order valence-corrected chi connectivity index (χ2v) is 7.33. The molecule has 1 amide bonds. The van der Waals surface area contributed by atoms with E-state index in [1.165, 1.54) is 31.3 Å². The number of nitrogens with zero attached hydrogens (tertiary/aromatic N) is 4. The molecule has 4 aromatic rings. The molecule has 1 atom stereocenters. The van der Waals surface area contributed by atoms with E-state index in [4.69, 9.17) is 4.52 Å². The number of unbranched alkanes of at least 4 members (excludes halogenated alkanes) is 2. The molecule has 4 rings (SSSR count). The zero-order valence-corrected chi connectivity index (χ0v) is 17.3. The summed E-state index contributed by atoms with van der Waals surface area (Å²) in [4.78, 5) is 42.5. The molecular formula is C21H23N7O3. The predicted octanol–water partition coefficient (Wildman–Crippen LogP) is 2.92. The van der Waals surface area contributed by atoms with Gasteiger partial charge >= 0.3 is 0 Å². The van der Waals surface area contributed by atoms with Crippen LogP contribution in [0, 0.1) is 0 Å². The molecule has 0 aliphatic heterocycles. The van der Waals surface area contributed by atoms with Crippen molar-refractivity contribution < 1.29 is 9.32 Å². The van der Waals surface area contributed by atoms with Gasteiger partial charge in [0.2, 0.25) is 5.56 Å². The van der Waals surface area contributed by atoms with Crippen LogP contribution in [0.15, 0.2) is 40.0 Å². The van der Waals surface area contributed by atoms with Crippen LogP contribution >= 0.6 is 0 Å². The van der Waals surface area contributed by atoms with E-state index in [9.17, 15) is 9.59 Å². The number of H-pyrrole nitrogens is 2. The van der Waals surface area contributed by atoms with Crippen molar-refractivity contribution in [2.45, 2.75) is 45.6 Å². The van der Waals surface area contributed by atoms with Gasteiger partial charge in [0.15, 0.2) is 11.6 Å². The van der Waals surface area contributed by atoms with E-state index < -0.39 is 11.9 Å². The summed E-state index contributed by atoms with van der Waals surface area (Å²) in [6, 6.07) is 4.14. The molecular weight excluding hydrogens is 398 g/mol. The second kappa shape index (κ2) is 8.90. The molecule has 160 valence electrons. The number of carbonyl (C=O) groups is 1. The average molecular weight is 421 g/mol. The zero-order chi connectivity index (χ0) is 21.8. The summed E-state index contributed by atoms with van der Waals surface area (Å²) in [5, 5.41) is 7.36. The number of fused-ring (bicyclic) bond motifs is 1. The third kappa shape index (κ3) is 4.52. The first-order valence-corrected chi connectivity index (χ1v) is 10.2. The van der Waals surface area contributed by atoms with Crippen molar-refractivity contribution in [3.05, 3.63) is 58.2 Å². The van der Waals surface area contributed by atoms with Gasteiger partial charge in [0.25, 0.3) is 5.91 Å². The molecule has 31 heavy (non-hydrogen) atoms.